The molecule has 1 amide bonds. The van der Waals surface area contributed by atoms with Crippen LogP contribution in [0.5, 0.6) is 0 Å². The fraction of sp³-hybridized carbons (Fsp3) is 0.480. The number of hydrogen-bond acceptors (Lipinski definition) is 6. The molecule has 1 saturated carbocycles. The number of nitrogens with one attached hydrogen (secondary N) is 1. The molecule has 0 bridgehead atoms. The fourth-order valence-electron chi connectivity index (χ4n) is 4.87. The highest BCUT2D eigenvalue weighted by atomic mass is 32.2. The summed E-state index contributed by atoms with van der Waals surface area (Å²) in [6.45, 7) is 7.94. The Morgan fingerprint density at radius 1 is 1.15 bits per heavy atom. The van der Waals surface area contributed by atoms with Crippen molar-refractivity contribution in [3.8, 4) is 0 Å². The number of benzene rings is 1. The molecule has 1 N–H and O–H groups in total. The van der Waals surface area contributed by atoms with Gasteiger partial charge in [0, 0.05) is 36.1 Å². The van der Waals surface area contributed by atoms with E-state index in [1.807, 2.05) is 37.3 Å². The predicted molar refractivity (Wildman–Crippen MR) is 135 cm³/mol. The molecule has 2 aromatic heterocycles. The first-order valence-corrected chi connectivity index (χ1v) is 13.9. The van der Waals surface area contributed by atoms with Gasteiger partial charge < -0.3 is 10.2 Å². The number of aryl methyl sites for hydroxylation is 1. The first kappa shape index (κ1) is 22.8. The molecule has 1 saturated heterocycles. The van der Waals surface area contributed by atoms with E-state index in [2.05, 4.69) is 29.2 Å². The highest BCUT2D eigenvalue weighted by Gasteiger charge is 2.34. The van der Waals surface area contributed by atoms with E-state index < -0.39 is 9.84 Å². The van der Waals surface area contributed by atoms with Crippen LogP contribution in [0.1, 0.15) is 66.8 Å². The Labute approximate surface area is 200 Å². The van der Waals surface area contributed by atoms with Gasteiger partial charge in [-0.3, -0.25) is 4.79 Å². The molecule has 8 nitrogen and oxygen atoms in total. The summed E-state index contributed by atoms with van der Waals surface area (Å²) in [5, 5.41) is 8.40. The largest absolute Gasteiger partial charge is 0.372 e. The lowest BCUT2D eigenvalue weighted by molar-refractivity contribution is 0.102. The van der Waals surface area contributed by atoms with Crippen LogP contribution >= 0.6 is 0 Å². The molecular weight excluding hydrogens is 450 g/mol. The summed E-state index contributed by atoms with van der Waals surface area (Å²) >= 11 is 0. The fourth-order valence-corrected chi connectivity index (χ4v) is 6.56. The third-order valence-electron chi connectivity index (χ3n) is 6.90. The summed E-state index contributed by atoms with van der Waals surface area (Å²) < 4.78 is 25.9. The van der Waals surface area contributed by atoms with Gasteiger partial charge in [0.2, 0.25) is 0 Å². The van der Waals surface area contributed by atoms with Crippen LogP contribution in [0.15, 0.2) is 30.3 Å². The molecule has 0 unspecified atom stereocenters. The number of sulfone groups is 1. The minimum atomic E-state index is -3.07. The quantitative estimate of drug-likeness (QED) is 0.546. The number of amides is 1. The van der Waals surface area contributed by atoms with Crippen molar-refractivity contribution in [1.29, 1.82) is 0 Å². The van der Waals surface area contributed by atoms with Crippen LogP contribution in [0.4, 0.5) is 11.4 Å². The molecule has 0 spiro atoms. The maximum Gasteiger partial charge on any atom is 0.256 e. The molecular formula is C25H31N5O3S. The second-order valence-electron chi connectivity index (χ2n) is 9.33. The number of carbonyl (C=O) groups is 1. The van der Waals surface area contributed by atoms with Crippen molar-refractivity contribution in [2.75, 3.05) is 34.8 Å². The zero-order valence-electron chi connectivity index (χ0n) is 19.9. The van der Waals surface area contributed by atoms with Gasteiger partial charge in [-0.1, -0.05) is 0 Å². The van der Waals surface area contributed by atoms with Gasteiger partial charge in [0.25, 0.3) is 5.91 Å². The highest BCUT2D eigenvalue weighted by molar-refractivity contribution is 7.91. The van der Waals surface area contributed by atoms with E-state index in [0.29, 0.717) is 34.6 Å². The Balaban J connectivity index is 1.51. The molecule has 5 rings (SSSR count). The van der Waals surface area contributed by atoms with Crippen LogP contribution in [-0.4, -0.2) is 53.7 Å². The van der Waals surface area contributed by atoms with Crippen molar-refractivity contribution in [2.24, 2.45) is 0 Å². The van der Waals surface area contributed by atoms with Gasteiger partial charge in [0.05, 0.1) is 34.2 Å². The van der Waals surface area contributed by atoms with Crippen LogP contribution in [0.25, 0.3) is 11.0 Å². The Hall–Kier alpha value is -2.94. The molecule has 34 heavy (non-hydrogen) atoms. The second-order valence-corrected chi connectivity index (χ2v) is 11.6. The normalized spacial score (nSPS) is 19.4. The topological polar surface area (TPSA) is 97.2 Å². The average Bonchev–Trinajstić information content (AvgIpc) is 3.53. The number of pyridine rings is 1. The summed E-state index contributed by atoms with van der Waals surface area (Å²) in [5.41, 5.74) is 4.59. The number of anilines is 2. The summed E-state index contributed by atoms with van der Waals surface area (Å²) in [7, 11) is -3.07. The van der Waals surface area contributed by atoms with Gasteiger partial charge in [-0.15, -0.1) is 0 Å². The van der Waals surface area contributed by atoms with Gasteiger partial charge >= 0.3 is 0 Å². The average molecular weight is 482 g/mol. The van der Waals surface area contributed by atoms with Gasteiger partial charge in [-0.05, 0) is 70.4 Å². The molecule has 9 heteroatoms. The highest BCUT2D eigenvalue weighted by Crippen LogP contribution is 2.41. The molecule has 1 aromatic carbocycles. The molecule has 180 valence electrons. The summed E-state index contributed by atoms with van der Waals surface area (Å²) in [4.78, 5) is 20.6. The SMILES string of the molecule is CCN(CC)c1ccc(NC(=O)c2cc(C3CC3)nc3c2c(C)nn3[C@@H]2CCS(=O)(=O)C2)cc1. The van der Waals surface area contributed by atoms with Crippen LogP contribution in [0.3, 0.4) is 0 Å². The Morgan fingerprint density at radius 3 is 2.44 bits per heavy atom. The van der Waals surface area contributed by atoms with E-state index in [4.69, 9.17) is 4.98 Å². The third-order valence-corrected chi connectivity index (χ3v) is 8.66. The van der Waals surface area contributed by atoms with Crippen molar-refractivity contribution >= 4 is 38.2 Å². The number of fused-ring (bicyclic) bond motifs is 1. The van der Waals surface area contributed by atoms with Gasteiger partial charge in [-0.25, -0.2) is 18.1 Å². The lowest BCUT2D eigenvalue weighted by atomic mass is 10.1. The van der Waals surface area contributed by atoms with Crippen LogP contribution in [0.2, 0.25) is 0 Å². The standard InChI is InChI=1S/C25H31N5O3S/c1-4-29(5-2)19-10-8-18(9-11-19)26-25(31)21-14-22(17-6-7-17)27-24-23(21)16(3)28-30(24)20-12-13-34(32,33)15-20/h8-11,14,17,20H,4-7,12-13,15H2,1-3H3,(H,26,31)/t20-/m1/s1. The van der Waals surface area contributed by atoms with Gasteiger partial charge in [-0.2, -0.15) is 5.10 Å². The monoisotopic (exact) mass is 481 g/mol. The van der Waals surface area contributed by atoms with E-state index in [0.717, 1.165) is 43.0 Å². The van der Waals surface area contributed by atoms with Crippen LogP contribution in [0, 0.1) is 6.92 Å². The number of carbonyl (C=O) groups excluding carboxylic acids is 1. The molecule has 3 heterocycles. The summed E-state index contributed by atoms with van der Waals surface area (Å²) in [6.07, 6.45) is 2.63. The number of aromatic nitrogens is 3. The minimum Gasteiger partial charge on any atom is -0.372 e. The molecule has 1 atom stereocenters. The number of hydrogen-bond donors (Lipinski definition) is 1. The Morgan fingerprint density at radius 2 is 1.85 bits per heavy atom. The van der Waals surface area contributed by atoms with Gasteiger partial charge in [0.1, 0.15) is 0 Å². The van der Waals surface area contributed by atoms with E-state index in [1.54, 1.807) is 4.68 Å². The molecule has 1 aliphatic carbocycles. The van der Waals surface area contributed by atoms with Crippen molar-refractivity contribution < 1.29 is 13.2 Å². The maximum atomic E-state index is 13.5. The van der Waals surface area contributed by atoms with Crippen molar-refractivity contribution in [2.45, 2.75) is 52.0 Å². The van der Waals surface area contributed by atoms with Gasteiger partial charge in [0.15, 0.2) is 15.5 Å². The Bertz CT molecular complexity index is 1340. The van der Waals surface area contributed by atoms with E-state index in [1.165, 1.54) is 0 Å². The van der Waals surface area contributed by atoms with Crippen LogP contribution < -0.4 is 10.2 Å². The molecule has 2 fully saturated rings. The first-order chi connectivity index (χ1) is 16.3. The van der Waals surface area contributed by atoms with E-state index >= 15 is 0 Å². The lowest BCUT2D eigenvalue weighted by Crippen LogP contribution is -2.21. The zero-order chi connectivity index (χ0) is 24.0. The molecule has 0 radical (unpaired) electrons. The smallest absolute Gasteiger partial charge is 0.256 e. The summed E-state index contributed by atoms with van der Waals surface area (Å²) in [5.74, 6) is 0.378. The molecule has 1 aliphatic heterocycles. The predicted octanol–water partition coefficient (Wildman–Crippen LogP) is 4.08. The lowest BCUT2D eigenvalue weighted by Gasteiger charge is -2.21. The van der Waals surface area contributed by atoms with E-state index in [9.17, 15) is 13.2 Å². The maximum absolute atomic E-state index is 13.5. The minimum absolute atomic E-state index is 0.0684. The van der Waals surface area contributed by atoms with E-state index in [-0.39, 0.29) is 23.5 Å². The van der Waals surface area contributed by atoms with Crippen molar-refractivity contribution in [1.82, 2.24) is 14.8 Å². The summed E-state index contributed by atoms with van der Waals surface area (Å²) in [6, 6.07) is 9.53. The van der Waals surface area contributed by atoms with Crippen molar-refractivity contribution in [3.05, 3.63) is 47.3 Å². The third kappa shape index (κ3) is 4.29. The number of rotatable bonds is 7. The number of nitrogens with zero attached hydrogens (tertiary/aromatic N) is 4. The Kier molecular flexibility index (Phi) is 5.83. The zero-order valence-corrected chi connectivity index (χ0v) is 20.7. The second kappa shape index (κ2) is 8.69. The molecule has 2 aliphatic rings. The molecule has 3 aromatic rings. The first-order valence-electron chi connectivity index (χ1n) is 12.1. The van der Waals surface area contributed by atoms with Crippen molar-refractivity contribution in [3.63, 3.8) is 0 Å². The van der Waals surface area contributed by atoms with Crippen LogP contribution in [-0.2, 0) is 9.84 Å².